The molecule has 0 N–H and O–H groups in total. The molecule has 2 atom stereocenters. The third kappa shape index (κ3) is 4.54. The Morgan fingerprint density at radius 2 is 2.03 bits per heavy atom. The molecule has 1 aliphatic rings. The van der Waals surface area contributed by atoms with E-state index in [-0.39, 0.29) is 18.9 Å². The van der Waals surface area contributed by atoms with Gasteiger partial charge in [-0.05, 0) is 60.8 Å². The average Bonchev–Trinajstić information content (AvgIpc) is 3.18. The molecule has 0 fully saturated rings. The lowest BCUT2D eigenvalue weighted by atomic mass is 9.95. The van der Waals surface area contributed by atoms with Crippen LogP contribution in [0.3, 0.4) is 0 Å². The molecule has 0 aliphatic carbocycles. The van der Waals surface area contributed by atoms with Gasteiger partial charge in [-0.2, -0.15) is 8.78 Å². The third-order valence-electron chi connectivity index (χ3n) is 5.53. The van der Waals surface area contributed by atoms with Gasteiger partial charge in [0.05, 0.1) is 25.8 Å². The van der Waals surface area contributed by atoms with Gasteiger partial charge in [0.15, 0.2) is 5.82 Å². The van der Waals surface area contributed by atoms with Crippen molar-refractivity contribution < 1.29 is 27.8 Å². The molecule has 0 unspecified atom stereocenters. The number of alkyl halides is 3. The van der Waals surface area contributed by atoms with Crippen LogP contribution in [-0.2, 0) is 19.6 Å². The minimum atomic E-state index is -3.81. The summed E-state index contributed by atoms with van der Waals surface area (Å²) >= 11 is 8.85. The fraction of sp³-hybridized carbons (Fsp3) is 0.348. The molecular formula is C23H21BrClF2N3O4. The Morgan fingerprint density at radius 1 is 1.26 bits per heavy atom. The van der Waals surface area contributed by atoms with Crippen molar-refractivity contribution >= 4 is 33.5 Å². The summed E-state index contributed by atoms with van der Waals surface area (Å²) in [6, 6.07) is 10.6. The Morgan fingerprint density at radius 3 is 2.71 bits per heavy atom. The summed E-state index contributed by atoms with van der Waals surface area (Å²) in [5, 5.41) is 3.80. The van der Waals surface area contributed by atoms with E-state index in [1.165, 1.54) is 0 Å². The first-order valence-electron chi connectivity index (χ1n) is 10.4. The van der Waals surface area contributed by atoms with Crippen LogP contribution in [0.5, 0.6) is 5.75 Å². The predicted molar refractivity (Wildman–Crippen MR) is 123 cm³/mol. The molecule has 1 aromatic heterocycles. The van der Waals surface area contributed by atoms with E-state index < -0.39 is 29.4 Å². The lowest BCUT2D eigenvalue weighted by Crippen LogP contribution is -2.18. The number of halogens is 4. The number of carbonyl (C=O) groups is 1. The predicted octanol–water partition coefficient (Wildman–Crippen LogP) is 5.75. The number of rotatable bonds is 6. The van der Waals surface area contributed by atoms with E-state index in [1.807, 2.05) is 25.1 Å². The highest BCUT2D eigenvalue weighted by atomic mass is 79.9. The Bertz CT molecular complexity index is 1230. The molecule has 7 nitrogen and oxygen atoms in total. The van der Waals surface area contributed by atoms with E-state index >= 15 is 0 Å². The van der Waals surface area contributed by atoms with Gasteiger partial charge in [-0.1, -0.05) is 28.1 Å². The topological polar surface area (TPSA) is 75.5 Å². The molecule has 1 aliphatic heterocycles. The third-order valence-corrected chi connectivity index (χ3v) is 6.19. The van der Waals surface area contributed by atoms with Crippen LogP contribution in [-0.4, -0.2) is 34.5 Å². The van der Waals surface area contributed by atoms with Gasteiger partial charge >= 0.3 is 11.4 Å². The number of aromatic nitrogens is 3. The highest BCUT2D eigenvalue weighted by Crippen LogP contribution is 2.45. The zero-order valence-electron chi connectivity index (χ0n) is 18.5. The van der Waals surface area contributed by atoms with E-state index in [1.54, 1.807) is 32.2 Å². The number of fused-ring (bicyclic) bond motifs is 3. The van der Waals surface area contributed by atoms with Crippen LogP contribution >= 0.6 is 27.5 Å². The molecule has 0 spiro atoms. The molecule has 0 radical (unpaired) electrons. The first kappa shape index (κ1) is 24.6. The van der Waals surface area contributed by atoms with E-state index in [0.29, 0.717) is 21.5 Å². The van der Waals surface area contributed by atoms with E-state index in [4.69, 9.17) is 25.8 Å². The second kappa shape index (κ2) is 9.59. The number of nitrogens with zero attached hydrogens (tertiary/aromatic N) is 3. The molecule has 0 saturated carbocycles. The summed E-state index contributed by atoms with van der Waals surface area (Å²) in [5.41, 5.74) is 2.46. The number of hydrogen-bond acceptors (Lipinski definition) is 6. The molecular weight excluding hydrogens is 536 g/mol. The van der Waals surface area contributed by atoms with E-state index in [2.05, 4.69) is 26.1 Å². The maximum atomic E-state index is 14.4. The van der Waals surface area contributed by atoms with Gasteiger partial charge in [-0.3, -0.25) is 9.36 Å². The van der Waals surface area contributed by atoms with Crippen molar-refractivity contribution in [2.45, 2.75) is 37.9 Å². The summed E-state index contributed by atoms with van der Waals surface area (Å²) in [7, 11) is 1.56. The normalized spacial score (nSPS) is 17.5. The van der Waals surface area contributed by atoms with Crippen LogP contribution in [0.2, 0.25) is 0 Å². The maximum Gasteiger partial charge on any atom is 0.382 e. The smallest absolute Gasteiger partial charge is 0.382 e. The molecule has 2 heterocycles. The van der Waals surface area contributed by atoms with Crippen molar-refractivity contribution in [3.05, 3.63) is 69.2 Å². The molecule has 34 heavy (non-hydrogen) atoms. The molecule has 4 rings (SSSR count). The first-order chi connectivity index (χ1) is 16.2. The fourth-order valence-corrected chi connectivity index (χ4v) is 4.55. The molecule has 11 heteroatoms. The SMILES string of the molecule is CCOC(=O)C[C@H]1O[C@H](c2cccc(OC)c2C)c2cc(Br)ccc2-n2c1nnc2C(F)(F)Cl. The Hall–Kier alpha value is -2.56. The molecule has 0 bridgehead atoms. The molecule has 3 aromatic rings. The lowest BCUT2D eigenvalue weighted by molar-refractivity contribution is -0.147. The zero-order chi connectivity index (χ0) is 24.6. The van der Waals surface area contributed by atoms with Gasteiger partial charge in [-0.15, -0.1) is 10.2 Å². The summed E-state index contributed by atoms with van der Waals surface area (Å²) in [5.74, 6) is -0.672. The van der Waals surface area contributed by atoms with Gasteiger partial charge in [-0.25, -0.2) is 0 Å². The largest absolute Gasteiger partial charge is 0.496 e. The Labute approximate surface area is 208 Å². The lowest BCUT2D eigenvalue weighted by Gasteiger charge is -2.24. The van der Waals surface area contributed by atoms with Crippen LogP contribution in [0.15, 0.2) is 40.9 Å². The number of esters is 1. The van der Waals surface area contributed by atoms with Gasteiger partial charge < -0.3 is 14.2 Å². The number of hydrogen-bond donors (Lipinski definition) is 0. The number of benzene rings is 2. The van der Waals surface area contributed by atoms with Crippen molar-refractivity contribution in [2.24, 2.45) is 0 Å². The van der Waals surface area contributed by atoms with Crippen LogP contribution in [0.1, 0.15) is 53.9 Å². The standard InChI is InChI=1S/C23H21BrClF2N3O4/c1-4-33-19(31)11-18-21-28-29-22(23(25,26)27)30(21)16-9-8-13(24)10-15(16)20(34-18)14-6-5-7-17(32-3)12(14)2/h5-10,18,20H,4,11H2,1-3H3/t18-,20-/m1/s1. The van der Waals surface area contributed by atoms with Crippen LogP contribution in [0, 0.1) is 6.92 Å². The second-order valence-electron chi connectivity index (χ2n) is 7.61. The van der Waals surface area contributed by atoms with E-state index in [9.17, 15) is 13.6 Å². The number of methoxy groups -OCH3 is 1. The summed E-state index contributed by atoms with van der Waals surface area (Å²) in [6.45, 7) is 3.71. The Kier molecular flexibility index (Phi) is 6.93. The van der Waals surface area contributed by atoms with Crippen molar-refractivity contribution in [2.75, 3.05) is 13.7 Å². The van der Waals surface area contributed by atoms with Gasteiger partial charge in [0.2, 0.25) is 5.82 Å². The monoisotopic (exact) mass is 555 g/mol. The highest BCUT2D eigenvalue weighted by molar-refractivity contribution is 9.10. The number of ether oxygens (including phenoxy) is 3. The van der Waals surface area contributed by atoms with Crippen molar-refractivity contribution in [3.8, 4) is 11.4 Å². The summed E-state index contributed by atoms with van der Waals surface area (Å²) < 4.78 is 47.6. The van der Waals surface area contributed by atoms with Crippen molar-refractivity contribution in [3.63, 3.8) is 0 Å². The first-order valence-corrected chi connectivity index (χ1v) is 11.6. The molecule has 2 aromatic carbocycles. The van der Waals surface area contributed by atoms with Crippen molar-refractivity contribution in [1.29, 1.82) is 0 Å². The van der Waals surface area contributed by atoms with Crippen LogP contribution in [0.25, 0.3) is 5.69 Å². The maximum absolute atomic E-state index is 14.4. The summed E-state index contributed by atoms with van der Waals surface area (Å²) in [6.07, 6.45) is -2.05. The van der Waals surface area contributed by atoms with Crippen LogP contribution in [0.4, 0.5) is 8.78 Å². The minimum Gasteiger partial charge on any atom is -0.496 e. The highest BCUT2D eigenvalue weighted by Gasteiger charge is 2.42. The van der Waals surface area contributed by atoms with Gasteiger partial charge in [0.1, 0.15) is 18.0 Å². The average molecular weight is 557 g/mol. The Balaban J connectivity index is 1.98. The zero-order valence-corrected chi connectivity index (χ0v) is 20.9. The quantitative estimate of drug-likeness (QED) is 0.284. The summed E-state index contributed by atoms with van der Waals surface area (Å²) in [4.78, 5) is 12.4. The minimum absolute atomic E-state index is 0.0231. The van der Waals surface area contributed by atoms with Crippen molar-refractivity contribution in [1.82, 2.24) is 14.8 Å². The van der Waals surface area contributed by atoms with E-state index in [0.717, 1.165) is 15.7 Å². The molecule has 0 amide bonds. The second-order valence-corrected chi connectivity index (χ2v) is 9.00. The van der Waals surface area contributed by atoms with Gasteiger partial charge in [0, 0.05) is 10.0 Å². The molecule has 180 valence electrons. The number of carbonyl (C=O) groups excluding carboxylic acids is 1. The van der Waals surface area contributed by atoms with Crippen LogP contribution < -0.4 is 4.74 Å². The fourth-order valence-electron chi connectivity index (χ4n) is 4.05. The van der Waals surface area contributed by atoms with Gasteiger partial charge in [0.25, 0.3) is 0 Å². The molecule has 0 saturated heterocycles.